The molecule has 0 saturated carbocycles. The fourth-order valence-corrected chi connectivity index (χ4v) is 8.36. The van der Waals surface area contributed by atoms with Crippen LogP contribution in [-0.4, -0.2) is 62.9 Å². The molecule has 328 valence electrons. The number of Topliss-reactive ketones (excluding diaryl/α,β-unsaturated/α-hetero) is 1. The van der Waals surface area contributed by atoms with Gasteiger partial charge in [-0.25, -0.2) is 9.97 Å². The van der Waals surface area contributed by atoms with Crippen molar-refractivity contribution in [3.63, 3.8) is 0 Å². The Kier molecular flexibility index (Phi) is 11.8. The molecule has 0 aliphatic carbocycles. The van der Waals surface area contributed by atoms with Crippen LogP contribution < -0.4 is 29.6 Å². The van der Waals surface area contributed by atoms with Crippen molar-refractivity contribution in [3.8, 4) is 45.3 Å². The Hall–Kier alpha value is -7.93. The van der Waals surface area contributed by atoms with Crippen LogP contribution in [0.25, 0.3) is 44.3 Å². The van der Waals surface area contributed by atoms with Gasteiger partial charge in [0.25, 0.3) is 0 Å². The van der Waals surface area contributed by atoms with Crippen molar-refractivity contribution in [3.05, 3.63) is 155 Å². The summed E-state index contributed by atoms with van der Waals surface area (Å²) in [6, 6.07) is 38.2. The smallest absolute Gasteiger partial charge is 0.165 e. The van der Waals surface area contributed by atoms with Crippen LogP contribution in [0.1, 0.15) is 51.2 Å². The normalized spacial score (nSPS) is 11.3. The Labute approximate surface area is 377 Å². The van der Waals surface area contributed by atoms with Gasteiger partial charge in [0.05, 0.1) is 39.3 Å². The average Bonchev–Trinajstić information content (AvgIpc) is 3.84. The molecule has 0 aliphatic rings. The molecule has 0 radical (unpaired) electrons. The molecule has 13 heteroatoms. The molecule has 0 aliphatic heterocycles. The summed E-state index contributed by atoms with van der Waals surface area (Å²) in [6.07, 6.45) is 0.476. The number of hydrogen-bond acceptors (Lipinski definition) is 11. The first kappa shape index (κ1) is 42.4. The third-order valence-electron chi connectivity index (χ3n) is 11.6. The van der Waals surface area contributed by atoms with Gasteiger partial charge in [-0.15, -0.1) is 0 Å². The SMILES string of the molecule is COc1ccc(-c2c(C)nn3c(NCc4ccc(C(C)=O)cc4)cc(CCOc4cc(-c5c(C)nn6c(NCc7cccc8ccccc78)cc(C)nc56)ccc4OC)nc23)cc1OC. The molecule has 0 spiro atoms. The van der Waals surface area contributed by atoms with Gasteiger partial charge in [-0.3, -0.25) is 4.79 Å². The van der Waals surface area contributed by atoms with E-state index in [1.165, 1.54) is 16.3 Å². The number of aromatic nitrogens is 6. The largest absolute Gasteiger partial charge is 0.493 e. The number of carbonyl (C=O) groups excluding carboxylic acids is 1. The van der Waals surface area contributed by atoms with Gasteiger partial charge in [-0.2, -0.15) is 19.2 Å². The Morgan fingerprint density at radius 3 is 1.89 bits per heavy atom. The maximum absolute atomic E-state index is 11.9. The van der Waals surface area contributed by atoms with E-state index in [0.29, 0.717) is 60.3 Å². The molecular formula is C52H50N8O5. The lowest BCUT2D eigenvalue weighted by atomic mass is 10.0. The topological polar surface area (TPSA) is 138 Å². The van der Waals surface area contributed by atoms with E-state index in [-0.39, 0.29) is 5.78 Å². The van der Waals surface area contributed by atoms with Gasteiger partial charge in [0.2, 0.25) is 0 Å². The highest BCUT2D eigenvalue weighted by molar-refractivity contribution is 5.94. The molecular weight excluding hydrogens is 817 g/mol. The van der Waals surface area contributed by atoms with Crippen LogP contribution in [-0.2, 0) is 19.5 Å². The zero-order chi connectivity index (χ0) is 45.2. The van der Waals surface area contributed by atoms with Crippen molar-refractivity contribution in [2.24, 2.45) is 0 Å². The monoisotopic (exact) mass is 866 g/mol. The Balaban J connectivity index is 1.01. The molecule has 0 saturated heterocycles. The van der Waals surface area contributed by atoms with Crippen LogP contribution in [0.4, 0.5) is 11.6 Å². The molecule has 4 aromatic heterocycles. The lowest BCUT2D eigenvalue weighted by Gasteiger charge is -2.14. The highest BCUT2D eigenvalue weighted by atomic mass is 16.5. The number of fused-ring (bicyclic) bond motifs is 3. The highest BCUT2D eigenvalue weighted by Gasteiger charge is 2.21. The minimum Gasteiger partial charge on any atom is -0.493 e. The van der Waals surface area contributed by atoms with Gasteiger partial charge in [0, 0.05) is 59.7 Å². The first-order chi connectivity index (χ1) is 31.6. The van der Waals surface area contributed by atoms with Gasteiger partial charge < -0.3 is 29.6 Å². The summed E-state index contributed by atoms with van der Waals surface area (Å²) >= 11 is 0. The summed E-state index contributed by atoms with van der Waals surface area (Å²) in [4.78, 5) is 22.1. The summed E-state index contributed by atoms with van der Waals surface area (Å²) in [5, 5.41) is 19.6. The standard InChI is InChI=1S/C52H50N8O5/c1-31-25-47(54-30-40-13-10-12-37-11-8-9-14-42(37)40)59-51(55-31)49(32(2)57-59)39-20-22-44(63-6)46(27-39)65-24-23-41-28-48(53-29-35-15-17-36(18-16-35)34(4)61)60-52(56-41)50(33(3)58-60)38-19-21-43(62-5)45(26-38)64-7/h8-22,25-28,53-54H,23-24,29-30H2,1-7H3. The predicted molar refractivity (Wildman–Crippen MR) is 255 cm³/mol. The van der Waals surface area contributed by atoms with Gasteiger partial charge >= 0.3 is 0 Å². The molecule has 0 unspecified atom stereocenters. The van der Waals surface area contributed by atoms with E-state index < -0.39 is 0 Å². The number of benzene rings is 5. The summed E-state index contributed by atoms with van der Waals surface area (Å²) in [7, 11) is 4.88. The number of carbonyl (C=O) groups is 1. The third kappa shape index (κ3) is 8.48. The number of anilines is 2. The van der Waals surface area contributed by atoms with Crippen molar-refractivity contribution in [2.75, 3.05) is 38.6 Å². The number of ether oxygens (including phenoxy) is 4. The number of ketones is 1. The summed E-state index contributed by atoms with van der Waals surface area (Å²) in [5.74, 6) is 4.07. The number of methoxy groups -OCH3 is 3. The number of rotatable bonds is 16. The summed E-state index contributed by atoms with van der Waals surface area (Å²) < 4.78 is 27.3. The molecule has 0 bridgehead atoms. The summed E-state index contributed by atoms with van der Waals surface area (Å²) in [5.41, 5.74) is 11.2. The fourth-order valence-electron chi connectivity index (χ4n) is 8.36. The average molecular weight is 867 g/mol. The molecule has 4 heterocycles. The first-order valence-electron chi connectivity index (χ1n) is 21.5. The quantitative estimate of drug-likeness (QED) is 0.0898. The van der Waals surface area contributed by atoms with Crippen LogP contribution in [0.15, 0.2) is 115 Å². The van der Waals surface area contributed by atoms with Crippen molar-refractivity contribution in [1.29, 1.82) is 0 Å². The van der Waals surface area contributed by atoms with Crippen LogP contribution in [0.3, 0.4) is 0 Å². The Morgan fingerprint density at radius 1 is 0.615 bits per heavy atom. The third-order valence-corrected chi connectivity index (χ3v) is 11.6. The van der Waals surface area contributed by atoms with E-state index in [4.69, 9.17) is 39.1 Å². The molecule has 9 aromatic rings. The number of nitrogens with zero attached hydrogens (tertiary/aromatic N) is 6. The number of aryl methyl sites for hydroxylation is 3. The molecule has 0 amide bonds. The maximum atomic E-state index is 11.9. The second kappa shape index (κ2) is 18.0. The predicted octanol–water partition coefficient (Wildman–Crippen LogP) is 10.3. The van der Waals surface area contributed by atoms with Crippen molar-refractivity contribution in [1.82, 2.24) is 29.2 Å². The molecule has 13 nitrogen and oxygen atoms in total. The van der Waals surface area contributed by atoms with Crippen LogP contribution in [0, 0.1) is 20.8 Å². The first-order valence-corrected chi connectivity index (χ1v) is 21.5. The van der Waals surface area contributed by atoms with Crippen LogP contribution in [0.5, 0.6) is 23.0 Å². The minimum absolute atomic E-state index is 0.0271. The van der Waals surface area contributed by atoms with Gasteiger partial charge in [-0.1, -0.05) is 78.9 Å². The lowest BCUT2D eigenvalue weighted by Crippen LogP contribution is -2.10. The van der Waals surface area contributed by atoms with E-state index in [0.717, 1.165) is 67.9 Å². The molecule has 2 N–H and O–H groups in total. The molecule has 0 atom stereocenters. The zero-order valence-corrected chi connectivity index (χ0v) is 37.5. The highest BCUT2D eigenvalue weighted by Crippen LogP contribution is 2.38. The van der Waals surface area contributed by atoms with Crippen LogP contribution in [0.2, 0.25) is 0 Å². The van der Waals surface area contributed by atoms with Crippen molar-refractivity contribution >= 4 is 39.5 Å². The summed E-state index contributed by atoms with van der Waals surface area (Å²) in [6.45, 7) is 8.97. The molecule has 0 fully saturated rings. The molecule has 65 heavy (non-hydrogen) atoms. The van der Waals surface area contributed by atoms with E-state index in [9.17, 15) is 4.79 Å². The van der Waals surface area contributed by atoms with Crippen molar-refractivity contribution in [2.45, 2.75) is 47.2 Å². The van der Waals surface area contributed by atoms with E-state index in [2.05, 4.69) is 53.1 Å². The van der Waals surface area contributed by atoms with Gasteiger partial charge in [-0.05, 0) is 85.0 Å². The second-order valence-corrected chi connectivity index (χ2v) is 15.9. The Bertz CT molecular complexity index is 3220. The van der Waals surface area contributed by atoms with E-state index >= 15 is 0 Å². The van der Waals surface area contributed by atoms with Gasteiger partial charge in [0.1, 0.15) is 11.6 Å². The van der Waals surface area contributed by atoms with Crippen LogP contribution >= 0.6 is 0 Å². The Morgan fingerprint density at radius 2 is 1.22 bits per heavy atom. The molecule has 5 aromatic carbocycles. The second-order valence-electron chi connectivity index (χ2n) is 15.9. The van der Waals surface area contributed by atoms with E-state index in [1.54, 1.807) is 28.3 Å². The fraction of sp³-hybridized carbons (Fsp3) is 0.212. The number of nitrogens with one attached hydrogen (secondary N) is 2. The lowest BCUT2D eigenvalue weighted by molar-refractivity contribution is 0.101. The van der Waals surface area contributed by atoms with E-state index in [1.807, 2.05) is 103 Å². The maximum Gasteiger partial charge on any atom is 0.165 e. The minimum atomic E-state index is 0.0271. The van der Waals surface area contributed by atoms with Crippen molar-refractivity contribution < 1.29 is 23.7 Å². The molecule has 9 rings (SSSR count). The van der Waals surface area contributed by atoms with Gasteiger partial charge in [0.15, 0.2) is 40.1 Å². The number of hydrogen-bond donors (Lipinski definition) is 2. The zero-order valence-electron chi connectivity index (χ0n) is 37.5.